The quantitative estimate of drug-likeness (QED) is 0.822. The Morgan fingerprint density at radius 2 is 2.33 bits per heavy atom. The second-order valence-corrected chi connectivity index (χ2v) is 4.13. The van der Waals surface area contributed by atoms with Gasteiger partial charge in [0.1, 0.15) is 5.82 Å². The molecule has 0 bridgehead atoms. The number of halogens is 1. The van der Waals surface area contributed by atoms with Gasteiger partial charge in [0.05, 0.1) is 17.9 Å². The third kappa shape index (κ3) is 2.34. The van der Waals surface area contributed by atoms with E-state index in [0.717, 1.165) is 12.2 Å². The van der Waals surface area contributed by atoms with Crippen LogP contribution in [0.1, 0.15) is 37.9 Å². The molecule has 0 saturated heterocycles. The van der Waals surface area contributed by atoms with E-state index in [1.165, 1.54) is 31.5 Å². The molecule has 0 amide bonds. The van der Waals surface area contributed by atoms with Crippen LogP contribution in [0.3, 0.4) is 0 Å². The first-order chi connectivity index (χ1) is 7.31. The molecule has 1 aliphatic rings. The molecule has 82 valence electrons. The molecule has 1 heterocycles. The van der Waals surface area contributed by atoms with Crippen molar-refractivity contribution in [2.75, 3.05) is 6.54 Å². The zero-order valence-electron chi connectivity index (χ0n) is 9.04. The predicted molar refractivity (Wildman–Crippen MR) is 58.0 cm³/mol. The second kappa shape index (κ2) is 4.71. The third-order valence-electron chi connectivity index (χ3n) is 3.11. The van der Waals surface area contributed by atoms with E-state index in [4.69, 9.17) is 0 Å². The van der Waals surface area contributed by atoms with Gasteiger partial charge in [0.25, 0.3) is 0 Å². The van der Waals surface area contributed by atoms with Crippen molar-refractivity contribution in [1.82, 2.24) is 10.3 Å². The van der Waals surface area contributed by atoms with Crippen LogP contribution in [0, 0.1) is 11.7 Å². The molecule has 2 rings (SSSR count). The lowest BCUT2D eigenvalue weighted by molar-refractivity contribution is 0.229. The summed E-state index contributed by atoms with van der Waals surface area (Å²) in [5.74, 6) is 0.422. The van der Waals surface area contributed by atoms with Gasteiger partial charge in [-0.3, -0.25) is 4.98 Å². The molecule has 2 nitrogen and oxygen atoms in total. The van der Waals surface area contributed by atoms with Crippen LogP contribution in [0.2, 0.25) is 0 Å². The van der Waals surface area contributed by atoms with Gasteiger partial charge in [0.2, 0.25) is 0 Å². The molecule has 1 N–H and O–H groups in total. The lowest BCUT2D eigenvalue weighted by atomic mass is 9.78. The highest BCUT2D eigenvalue weighted by atomic mass is 19.1. The first kappa shape index (κ1) is 10.6. The molecule has 1 aromatic heterocycles. The van der Waals surface area contributed by atoms with Gasteiger partial charge < -0.3 is 5.32 Å². The second-order valence-electron chi connectivity index (χ2n) is 4.13. The number of rotatable bonds is 4. The van der Waals surface area contributed by atoms with E-state index < -0.39 is 0 Å². The Balaban J connectivity index is 2.12. The van der Waals surface area contributed by atoms with Crippen molar-refractivity contribution in [3.63, 3.8) is 0 Å². The van der Waals surface area contributed by atoms with E-state index in [1.807, 2.05) is 0 Å². The molecule has 1 fully saturated rings. The van der Waals surface area contributed by atoms with Gasteiger partial charge in [-0.2, -0.15) is 0 Å². The number of aromatic nitrogens is 1. The summed E-state index contributed by atoms with van der Waals surface area (Å²) in [5.41, 5.74) is 0.975. The molecule has 0 aromatic carbocycles. The summed E-state index contributed by atoms with van der Waals surface area (Å²) >= 11 is 0. The van der Waals surface area contributed by atoms with E-state index in [2.05, 4.69) is 17.2 Å². The monoisotopic (exact) mass is 208 g/mol. The number of hydrogen-bond donors (Lipinski definition) is 1. The molecule has 1 atom stereocenters. The van der Waals surface area contributed by atoms with Gasteiger partial charge in [-0.1, -0.05) is 13.3 Å². The third-order valence-corrected chi connectivity index (χ3v) is 3.11. The molecular weight excluding hydrogens is 191 g/mol. The molecular formula is C12H17FN2. The minimum Gasteiger partial charge on any atom is -0.309 e. The van der Waals surface area contributed by atoms with Crippen LogP contribution in [0.5, 0.6) is 0 Å². The molecule has 1 aliphatic carbocycles. The number of nitrogens with one attached hydrogen (secondary N) is 1. The Bertz CT molecular complexity index is 306. The highest BCUT2D eigenvalue weighted by Gasteiger charge is 2.28. The standard InChI is InChI=1S/C12H17FN2/c1-2-14-12(9-4-3-5-9)11-7-6-10(13)8-15-11/h6-9,12,14H,2-5H2,1H3. The maximum absolute atomic E-state index is 12.7. The van der Waals surface area contributed by atoms with Crippen LogP contribution in [0.15, 0.2) is 18.3 Å². The Hall–Kier alpha value is -0.960. The Kier molecular flexibility index (Phi) is 3.31. The lowest BCUT2D eigenvalue weighted by Gasteiger charge is -2.33. The van der Waals surface area contributed by atoms with Crippen LogP contribution in [0.25, 0.3) is 0 Å². The minimum atomic E-state index is -0.261. The summed E-state index contributed by atoms with van der Waals surface area (Å²) in [4.78, 5) is 4.16. The zero-order chi connectivity index (χ0) is 10.7. The van der Waals surface area contributed by atoms with Gasteiger partial charge in [-0.05, 0) is 37.4 Å². The molecule has 15 heavy (non-hydrogen) atoms. The fourth-order valence-electron chi connectivity index (χ4n) is 2.08. The van der Waals surface area contributed by atoms with Gasteiger partial charge >= 0.3 is 0 Å². The van der Waals surface area contributed by atoms with Gasteiger partial charge in [0.15, 0.2) is 0 Å². The summed E-state index contributed by atoms with van der Waals surface area (Å²) in [6, 6.07) is 3.59. The largest absolute Gasteiger partial charge is 0.309 e. The molecule has 0 aliphatic heterocycles. The number of nitrogens with zero attached hydrogens (tertiary/aromatic N) is 1. The van der Waals surface area contributed by atoms with E-state index in [0.29, 0.717) is 12.0 Å². The Morgan fingerprint density at radius 3 is 2.80 bits per heavy atom. The lowest BCUT2D eigenvalue weighted by Crippen LogP contribution is -2.32. The molecule has 0 radical (unpaired) electrons. The van der Waals surface area contributed by atoms with Gasteiger partial charge in [-0.25, -0.2) is 4.39 Å². The van der Waals surface area contributed by atoms with Gasteiger partial charge in [0, 0.05) is 0 Å². The molecule has 1 aromatic rings. The molecule has 3 heteroatoms. The van der Waals surface area contributed by atoms with E-state index in [9.17, 15) is 4.39 Å². The van der Waals surface area contributed by atoms with Gasteiger partial charge in [-0.15, -0.1) is 0 Å². The number of hydrogen-bond acceptors (Lipinski definition) is 2. The topological polar surface area (TPSA) is 24.9 Å². The SMILES string of the molecule is CCNC(c1ccc(F)cn1)C1CCC1. The Morgan fingerprint density at radius 1 is 1.53 bits per heavy atom. The van der Waals surface area contributed by atoms with Crippen molar-refractivity contribution >= 4 is 0 Å². The zero-order valence-corrected chi connectivity index (χ0v) is 9.04. The predicted octanol–water partition coefficient (Wildman–Crippen LogP) is 2.67. The van der Waals surface area contributed by atoms with Crippen LogP contribution < -0.4 is 5.32 Å². The average molecular weight is 208 g/mol. The van der Waals surface area contributed by atoms with Crippen LogP contribution >= 0.6 is 0 Å². The van der Waals surface area contributed by atoms with Crippen LogP contribution in [0.4, 0.5) is 4.39 Å². The summed E-state index contributed by atoms with van der Waals surface area (Å²) in [5, 5.41) is 3.44. The van der Waals surface area contributed by atoms with Crippen LogP contribution in [-0.2, 0) is 0 Å². The maximum Gasteiger partial charge on any atom is 0.141 e. The van der Waals surface area contributed by atoms with Crippen molar-refractivity contribution in [1.29, 1.82) is 0 Å². The van der Waals surface area contributed by atoms with Crippen molar-refractivity contribution in [2.45, 2.75) is 32.2 Å². The first-order valence-electron chi connectivity index (χ1n) is 5.66. The van der Waals surface area contributed by atoms with Crippen molar-refractivity contribution in [3.05, 3.63) is 29.8 Å². The summed E-state index contributed by atoms with van der Waals surface area (Å²) < 4.78 is 12.7. The molecule has 1 unspecified atom stereocenters. The first-order valence-corrected chi connectivity index (χ1v) is 5.66. The van der Waals surface area contributed by atoms with E-state index >= 15 is 0 Å². The van der Waals surface area contributed by atoms with Crippen molar-refractivity contribution in [2.24, 2.45) is 5.92 Å². The van der Waals surface area contributed by atoms with E-state index in [-0.39, 0.29) is 5.82 Å². The summed E-state index contributed by atoms with van der Waals surface area (Å²) in [6.07, 6.45) is 5.14. The number of pyridine rings is 1. The molecule has 1 saturated carbocycles. The maximum atomic E-state index is 12.7. The fraction of sp³-hybridized carbons (Fsp3) is 0.583. The normalized spacial score (nSPS) is 18.5. The minimum absolute atomic E-state index is 0.261. The average Bonchev–Trinajstić information content (AvgIpc) is 2.16. The van der Waals surface area contributed by atoms with E-state index in [1.54, 1.807) is 6.07 Å². The smallest absolute Gasteiger partial charge is 0.141 e. The fourth-order valence-corrected chi connectivity index (χ4v) is 2.08. The molecule has 0 spiro atoms. The highest BCUT2D eigenvalue weighted by Crippen LogP contribution is 2.36. The summed E-state index contributed by atoms with van der Waals surface area (Å²) in [6.45, 7) is 3.02. The Labute approximate surface area is 89.9 Å². The van der Waals surface area contributed by atoms with Crippen molar-refractivity contribution in [3.8, 4) is 0 Å². The van der Waals surface area contributed by atoms with Crippen LogP contribution in [-0.4, -0.2) is 11.5 Å². The summed E-state index contributed by atoms with van der Waals surface area (Å²) in [7, 11) is 0. The highest BCUT2D eigenvalue weighted by molar-refractivity contribution is 5.12. The van der Waals surface area contributed by atoms with Crippen molar-refractivity contribution < 1.29 is 4.39 Å².